The van der Waals surface area contributed by atoms with Gasteiger partial charge in [-0.2, -0.15) is 0 Å². The molecule has 0 aliphatic carbocycles. The van der Waals surface area contributed by atoms with Gasteiger partial charge in [0.2, 0.25) is 0 Å². The summed E-state index contributed by atoms with van der Waals surface area (Å²) in [5, 5.41) is 0. The number of amides is 1. The zero-order chi connectivity index (χ0) is 17.9. The molecule has 0 saturated carbocycles. The van der Waals surface area contributed by atoms with E-state index in [0.29, 0.717) is 12.3 Å². The van der Waals surface area contributed by atoms with Gasteiger partial charge in [0.1, 0.15) is 17.1 Å². The number of rotatable bonds is 5. The van der Waals surface area contributed by atoms with Gasteiger partial charge in [-0.25, -0.2) is 0 Å². The van der Waals surface area contributed by atoms with Crippen LogP contribution in [0.25, 0.3) is 6.08 Å². The standard InChI is InChI=1S/C21H22N2O2/c1-21(2)22-19(14-11-16-9-12-18(25-3)13-10-16)20(24)23(21)15-17-7-5-4-6-8-17/h4-14H,15H2,1-3H3/b14-11+. The van der Waals surface area contributed by atoms with Gasteiger partial charge in [0.15, 0.2) is 0 Å². The maximum absolute atomic E-state index is 12.8. The van der Waals surface area contributed by atoms with Gasteiger partial charge in [0.05, 0.1) is 7.11 Å². The maximum atomic E-state index is 12.8. The van der Waals surface area contributed by atoms with Gasteiger partial charge < -0.3 is 9.64 Å². The molecule has 1 heterocycles. The van der Waals surface area contributed by atoms with Crippen molar-refractivity contribution in [3.8, 4) is 5.75 Å². The molecular formula is C21H22N2O2. The van der Waals surface area contributed by atoms with E-state index in [4.69, 9.17) is 4.74 Å². The third-order valence-electron chi connectivity index (χ3n) is 4.25. The Kier molecular flexibility index (Phi) is 4.70. The topological polar surface area (TPSA) is 41.9 Å². The largest absolute Gasteiger partial charge is 0.497 e. The van der Waals surface area contributed by atoms with Crippen LogP contribution in [0.2, 0.25) is 0 Å². The van der Waals surface area contributed by atoms with E-state index in [9.17, 15) is 4.79 Å². The van der Waals surface area contributed by atoms with Crippen molar-refractivity contribution in [2.75, 3.05) is 7.11 Å². The lowest BCUT2D eigenvalue weighted by Crippen LogP contribution is -2.41. The lowest BCUT2D eigenvalue weighted by Gasteiger charge is -2.29. The van der Waals surface area contributed by atoms with Crippen LogP contribution in [0.4, 0.5) is 0 Å². The highest BCUT2D eigenvalue weighted by atomic mass is 16.5. The van der Waals surface area contributed by atoms with Gasteiger partial charge in [-0.1, -0.05) is 48.5 Å². The van der Waals surface area contributed by atoms with Crippen molar-refractivity contribution < 1.29 is 9.53 Å². The molecule has 1 amide bonds. The van der Waals surface area contributed by atoms with Crippen molar-refractivity contribution in [1.82, 2.24) is 4.90 Å². The Morgan fingerprint density at radius 1 is 1.04 bits per heavy atom. The van der Waals surface area contributed by atoms with E-state index in [1.54, 1.807) is 18.1 Å². The molecule has 0 atom stereocenters. The Morgan fingerprint density at radius 2 is 1.72 bits per heavy atom. The van der Waals surface area contributed by atoms with E-state index in [1.165, 1.54) is 0 Å². The molecule has 1 aliphatic rings. The Balaban J connectivity index is 1.76. The van der Waals surface area contributed by atoms with Crippen LogP contribution in [0.15, 0.2) is 65.7 Å². The number of aliphatic imine (C=N–C) groups is 1. The van der Waals surface area contributed by atoms with Gasteiger partial charge in [0.25, 0.3) is 5.91 Å². The number of carbonyl (C=O) groups excluding carboxylic acids is 1. The monoisotopic (exact) mass is 334 g/mol. The fourth-order valence-electron chi connectivity index (χ4n) is 2.82. The average molecular weight is 334 g/mol. The molecular weight excluding hydrogens is 312 g/mol. The molecule has 1 aliphatic heterocycles. The van der Waals surface area contributed by atoms with E-state index in [2.05, 4.69) is 4.99 Å². The van der Waals surface area contributed by atoms with Crippen LogP contribution in [0.5, 0.6) is 5.75 Å². The SMILES string of the molecule is COc1ccc(/C=C/C2=NC(C)(C)N(Cc3ccccc3)C2=O)cc1. The summed E-state index contributed by atoms with van der Waals surface area (Å²) < 4.78 is 5.15. The molecule has 2 aromatic rings. The van der Waals surface area contributed by atoms with Crippen molar-refractivity contribution in [2.45, 2.75) is 26.1 Å². The molecule has 0 unspecified atom stereocenters. The Bertz CT molecular complexity index is 806. The number of methoxy groups -OCH3 is 1. The quantitative estimate of drug-likeness (QED) is 0.831. The Hall–Kier alpha value is -2.88. The van der Waals surface area contributed by atoms with E-state index in [-0.39, 0.29) is 5.91 Å². The van der Waals surface area contributed by atoms with Gasteiger partial charge in [0, 0.05) is 6.54 Å². The van der Waals surface area contributed by atoms with Crippen LogP contribution >= 0.6 is 0 Å². The number of hydrogen-bond acceptors (Lipinski definition) is 3. The summed E-state index contributed by atoms with van der Waals surface area (Å²) in [6.07, 6.45) is 3.69. The third-order valence-corrected chi connectivity index (χ3v) is 4.25. The summed E-state index contributed by atoms with van der Waals surface area (Å²) in [5.41, 5.74) is 2.03. The molecule has 128 valence electrons. The number of nitrogens with zero attached hydrogens (tertiary/aromatic N) is 2. The predicted molar refractivity (Wildman–Crippen MR) is 101 cm³/mol. The van der Waals surface area contributed by atoms with Crippen LogP contribution in [-0.4, -0.2) is 29.3 Å². The summed E-state index contributed by atoms with van der Waals surface area (Å²) in [7, 11) is 1.64. The molecule has 25 heavy (non-hydrogen) atoms. The molecule has 4 nitrogen and oxygen atoms in total. The van der Waals surface area contributed by atoms with Gasteiger partial charge in [-0.05, 0) is 43.2 Å². The van der Waals surface area contributed by atoms with Gasteiger partial charge in [-0.15, -0.1) is 0 Å². The zero-order valence-corrected chi connectivity index (χ0v) is 14.8. The van der Waals surface area contributed by atoms with Crippen LogP contribution < -0.4 is 4.74 Å². The Labute approximate surface area is 148 Å². The second-order valence-electron chi connectivity index (χ2n) is 6.47. The molecule has 0 bridgehead atoms. The smallest absolute Gasteiger partial charge is 0.274 e. The number of carbonyl (C=O) groups is 1. The minimum atomic E-state index is -0.549. The van der Waals surface area contributed by atoms with Crippen LogP contribution in [-0.2, 0) is 11.3 Å². The highest BCUT2D eigenvalue weighted by Crippen LogP contribution is 2.26. The second-order valence-corrected chi connectivity index (χ2v) is 6.47. The molecule has 0 aromatic heterocycles. The van der Waals surface area contributed by atoms with Gasteiger partial charge in [-0.3, -0.25) is 9.79 Å². The molecule has 2 aromatic carbocycles. The number of ether oxygens (including phenoxy) is 1. The van der Waals surface area contributed by atoms with Crippen molar-refractivity contribution >= 4 is 17.7 Å². The fraction of sp³-hybridized carbons (Fsp3) is 0.238. The molecule has 0 spiro atoms. The first kappa shape index (κ1) is 17.0. The summed E-state index contributed by atoms with van der Waals surface area (Å²) >= 11 is 0. The summed E-state index contributed by atoms with van der Waals surface area (Å²) in [6.45, 7) is 4.47. The molecule has 0 N–H and O–H groups in total. The van der Waals surface area contributed by atoms with Crippen molar-refractivity contribution in [2.24, 2.45) is 4.99 Å². The number of benzene rings is 2. The highest BCUT2D eigenvalue weighted by Gasteiger charge is 2.38. The first-order valence-corrected chi connectivity index (χ1v) is 8.27. The maximum Gasteiger partial charge on any atom is 0.274 e. The molecule has 4 heteroatoms. The summed E-state index contributed by atoms with van der Waals surface area (Å²) in [5.74, 6) is 0.764. The summed E-state index contributed by atoms with van der Waals surface area (Å²) in [6, 6.07) is 17.7. The van der Waals surface area contributed by atoms with E-state index in [1.807, 2.05) is 74.5 Å². The van der Waals surface area contributed by atoms with Crippen molar-refractivity contribution in [3.05, 3.63) is 71.8 Å². The lowest BCUT2D eigenvalue weighted by molar-refractivity contribution is -0.127. The minimum Gasteiger partial charge on any atom is -0.497 e. The normalized spacial score (nSPS) is 16.4. The molecule has 3 rings (SSSR count). The number of hydrogen-bond donors (Lipinski definition) is 0. The molecule has 0 radical (unpaired) electrons. The average Bonchev–Trinajstić information content (AvgIpc) is 2.84. The predicted octanol–water partition coefficient (Wildman–Crippen LogP) is 3.93. The first-order chi connectivity index (χ1) is 12.0. The summed E-state index contributed by atoms with van der Waals surface area (Å²) in [4.78, 5) is 19.2. The second kappa shape index (κ2) is 6.93. The fourth-order valence-corrected chi connectivity index (χ4v) is 2.82. The highest BCUT2D eigenvalue weighted by molar-refractivity contribution is 6.45. The Morgan fingerprint density at radius 3 is 2.36 bits per heavy atom. The molecule has 0 saturated heterocycles. The van der Waals surface area contributed by atoms with Crippen molar-refractivity contribution in [1.29, 1.82) is 0 Å². The zero-order valence-electron chi connectivity index (χ0n) is 14.8. The minimum absolute atomic E-state index is 0.0429. The third kappa shape index (κ3) is 3.79. The van der Waals surface area contributed by atoms with E-state index >= 15 is 0 Å². The van der Waals surface area contributed by atoms with Crippen LogP contribution in [0.1, 0.15) is 25.0 Å². The van der Waals surface area contributed by atoms with E-state index < -0.39 is 5.66 Å². The van der Waals surface area contributed by atoms with Crippen LogP contribution in [0.3, 0.4) is 0 Å². The van der Waals surface area contributed by atoms with Gasteiger partial charge >= 0.3 is 0 Å². The van der Waals surface area contributed by atoms with Crippen LogP contribution in [0, 0.1) is 0 Å². The lowest BCUT2D eigenvalue weighted by atomic mass is 10.1. The van der Waals surface area contributed by atoms with Crippen molar-refractivity contribution in [3.63, 3.8) is 0 Å². The van der Waals surface area contributed by atoms with E-state index in [0.717, 1.165) is 16.9 Å². The molecule has 0 fully saturated rings. The first-order valence-electron chi connectivity index (χ1n) is 8.27.